The highest BCUT2D eigenvalue weighted by molar-refractivity contribution is 5.94. The Kier molecular flexibility index (Phi) is 7.13. The van der Waals surface area contributed by atoms with Crippen molar-refractivity contribution in [3.63, 3.8) is 0 Å². The van der Waals surface area contributed by atoms with Crippen LogP contribution in [0.4, 0.5) is 4.39 Å². The Morgan fingerprint density at radius 3 is 2.49 bits per heavy atom. The maximum Gasteiger partial charge on any atom is 0.272 e. The third-order valence-electron chi connectivity index (χ3n) is 7.29. The Hall–Kier alpha value is -3.19. The molecule has 0 unspecified atom stereocenters. The molecule has 1 aliphatic heterocycles. The van der Waals surface area contributed by atoms with Gasteiger partial charge in [-0.3, -0.25) is 9.69 Å². The lowest BCUT2D eigenvalue weighted by molar-refractivity contribution is 0.0928. The van der Waals surface area contributed by atoms with Crippen LogP contribution in [0.2, 0.25) is 0 Å². The molecule has 1 amide bonds. The van der Waals surface area contributed by atoms with Crippen molar-refractivity contribution in [1.82, 2.24) is 20.0 Å². The third kappa shape index (κ3) is 5.40. The van der Waals surface area contributed by atoms with Crippen molar-refractivity contribution < 1.29 is 13.9 Å². The molecule has 1 aromatic heterocycles. The number of likely N-dealkylation sites (tertiary alicyclic amines) is 1. The number of carbonyl (C=O) groups excluding carboxylic acids is 1. The largest absolute Gasteiger partial charge is 0.497 e. The average molecular weight is 477 g/mol. The Balaban J connectivity index is 1.17. The maximum absolute atomic E-state index is 13.4. The number of ether oxygens (including phenoxy) is 1. The molecule has 1 N–H and O–H groups in total. The number of methoxy groups -OCH3 is 1. The summed E-state index contributed by atoms with van der Waals surface area (Å²) in [5, 5.41) is 7.85. The van der Waals surface area contributed by atoms with E-state index in [2.05, 4.69) is 22.3 Å². The van der Waals surface area contributed by atoms with E-state index in [4.69, 9.17) is 9.84 Å². The number of fused-ring (bicyclic) bond motifs is 1. The molecule has 5 rings (SSSR count). The van der Waals surface area contributed by atoms with E-state index in [-0.39, 0.29) is 11.7 Å². The minimum Gasteiger partial charge on any atom is -0.497 e. The van der Waals surface area contributed by atoms with Gasteiger partial charge < -0.3 is 10.1 Å². The Morgan fingerprint density at radius 1 is 1.06 bits per heavy atom. The summed E-state index contributed by atoms with van der Waals surface area (Å²) in [6.45, 7) is 3.67. The van der Waals surface area contributed by atoms with Crippen molar-refractivity contribution in [2.75, 3.05) is 26.7 Å². The smallest absolute Gasteiger partial charge is 0.272 e. The predicted molar refractivity (Wildman–Crippen MR) is 133 cm³/mol. The van der Waals surface area contributed by atoms with E-state index in [0.717, 1.165) is 80.9 Å². The minimum absolute atomic E-state index is 0.0929. The van der Waals surface area contributed by atoms with Gasteiger partial charge >= 0.3 is 0 Å². The van der Waals surface area contributed by atoms with Gasteiger partial charge in [-0.15, -0.1) is 0 Å². The molecule has 0 spiro atoms. The first kappa shape index (κ1) is 23.5. The number of benzene rings is 2. The van der Waals surface area contributed by atoms with E-state index < -0.39 is 0 Å². The number of hydrogen-bond donors (Lipinski definition) is 1. The number of rotatable bonds is 7. The molecule has 2 heterocycles. The van der Waals surface area contributed by atoms with E-state index >= 15 is 0 Å². The molecule has 0 atom stereocenters. The van der Waals surface area contributed by atoms with Gasteiger partial charge in [0.05, 0.1) is 12.8 Å². The third-order valence-corrected chi connectivity index (χ3v) is 7.29. The molecule has 0 bridgehead atoms. The van der Waals surface area contributed by atoms with E-state index in [1.54, 1.807) is 19.2 Å². The molecule has 35 heavy (non-hydrogen) atoms. The lowest BCUT2D eigenvalue weighted by Crippen LogP contribution is -2.38. The normalized spacial score (nSPS) is 16.6. The number of amides is 1. The molecular weight excluding hydrogens is 443 g/mol. The Morgan fingerprint density at radius 2 is 1.77 bits per heavy atom. The van der Waals surface area contributed by atoms with Crippen molar-refractivity contribution in [1.29, 1.82) is 0 Å². The summed E-state index contributed by atoms with van der Waals surface area (Å²) in [4.78, 5) is 15.6. The fraction of sp³-hybridized carbons (Fsp3) is 0.429. The molecule has 3 aromatic rings. The number of nitrogens with one attached hydrogen (secondary N) is 1. The van der Waals surface area contributed by atoms with Crippen molar-refractivity contribution in [3.05, 3.63) is 76.9 Å². The van der Waals surface area contributed by atoms with Gasteiger partial charge in [0.25, 0.3) is 5.91 Å². The second kappa shape index (κ2) is 10.6. The molecule has 1 saturated heterocycles. The SMILES string of the molecule is COc1ccc(CN2CCC(CNC(=O)c3nn(-c4ccc(F)cc4)c4c3CCCC4)CC2)cc1. The van der Waals surface area contributed by atoms with Crippen LogP contribution in [0.25, 0.3) is 5.69 Å². The molecule has 6 nitrogen and oxygen atoms in total. The molecule has 0 radical (unpaired) electrons. The number of halogens is 1. The van der Waals surface area contributed by atoms with Crippen LogP contribution < -0.4 is 10.1 Å². The summed E-state index contributed by atoms with van der Waals surface area (Å²) in [5.74, 6) is 0.987. The van der Waals surface area contributed by atoms with Gasteiger partial charge in [-0.25, -0.2) is 9.07 Å². The van der Waals surface area contributed by atoms with Crippen molar-refractivity contribution in [2.45, 2.75) is 45.1 Å². The first-order valence-corrected chi connectivity index (χ1v) is 12.6. The number of nitrogens with zero attached hydrogens (tertiary/aromatic N) is 3. The molecule has 1 fully saturated rings. The van der Waals surface area contributed by atoms with E-state index in [0.29, 0.717) is 18.2 Å². The van der Waals surface area contributed by atoms with Crippen LogP contribution >= 0.6 is 0 Å². The van der Waals surface area contributed by atoms with Crippen LogP contribution in [-0.4, -0.2) is 47.3 Å². The second-order valence-corrected chi connectivity index (χ2v) is 9.65. The van der Waals surface area contributed by atoms with Crippen molar-refractivity contribution in [3.8, 4) is 11.4 Å². The molecule has 7 heteroatoms. The summed E-state index contributed by atoms with van der Waals surface area (Å²) in [5.41, 5.74) is 4.75. The van der Waals surface area contributed by atoms with Gasteiger partial charge in [-0.1, -0.05) is 12.1 Å². The lowest BCUT2D eigenvalue weighted by atomic mass is 9.94. The highest BCUT2D eigenvalue weighted by atomic mass is 19.1. The molecule has 184 valence electrons. The zero-order valence-electron chi connectivity index (χ0n) is 20.3. The average Bonchev–Trinajstić information content (AvgIpc) is 3.29. The zero-order valence-corrected chi connectivity index (χ0v) is 20.3. The van der Waals surface area contributed by atoms with Gasteiger partial charge in [0, 0.05) is 24.3 Å². The van der Waals surface area contributed by atoms with Gasteiger partial charge in [0.1, 0.15) is 11.6 Å². The molecule has 0 saturated carbocycles. The highest BCUT2D eigenvalue weighted by Gasteiger charge is 2.26. The highest BCUT2D eigenvalue weighted by Crippen LogP contribution is 2.27. The summed E-state index contributed by atoms with van der Waals surface area (Å²) < 4.78 is 20.5. The first-order chi connectivity index (χ1) is 17.1. The molecule has 2 aromatic carbocycles. The van der Waals surface area contributed by atoms with Crippen LogP contribution in [-0.2, 0) is 19.4 Å². The maximum atomic E-state index is 13.4. The van der Waals surface area contributed by atoms with Crippen LogP contribution in [0, 0.1) is 11.7 Å². The summed E-state index contributed by atoms with van der Waals surface area (Å²) in [6.07, 6.45) is 6.03. The fourth-order valence-corrected chi connectivity index (χ4v) is 5.24. The molecule has 1 aliphatic carbocycles. The summed E-state index contributed by atoms with van der Waals surface area (Å²) in [7, 11) is 1.68. The number of aromatic nitrogens is 2. The van der Waals surface area contributed by atoms with E-state index in [1.165, 1.54) is 17.7 Å². The van der Waals surface area contributed by atoms with Crippen molar-refractivity contribution >= 4 is 5.91 Å². The lowest BCUT2D eigenvalue weighted by Gasteiger charge is -2.32. The quantitative estimate of drug-likeness (QED) is 0.544. The van der Waals surface area contributed by atoms with Crippen LogP contribution in [0.1, 0.15) is 53.0 Å². The van der Waals surface area contributed by atoms with E-state index in [1.807, 2.05) is 16.8 Å². The number of carbonyl (C=O) groups is 1. The van der Waals surface area contributed by atoms with Gasteiger partial charge in [-0.2, -0.15) is 5.10 Å². The van der Waals surface area contributed by atoms with Gasteiger partial charge in [-0.05, 0) is 99.5 Å². The number of hydrogen-bond acceptors (Lipinski definition) is 4. The molecule has 2 aliphatic rings. The Bertz CT molecular complexity index is 1150. The van der Waals surface area contributed by atoms with Gasteiger partial charge in [0.2, 0.25) is 0 Å². The predicted octanol–water partition coefficient (Wildman–Crippen LogP) is 4.54. The monoisotopic (exact) mass is 476 g/mol. The van der Waals surface area contributed by atoms with Crippen LogP contribution in [0.15, 0.2) is 48.5 Å². The summed E-state index contributed by atoms with van der Waals surface area (Å²) >= 11 is 0. The Labute approximate surface area is 206 Å². The topological polar surface area (TPSA) is 59.4 Å². The first-order valence-electron chi connectivity index (χ1n) is 12.6. The van der Waals surface area contributed by atoms with E-state index in [9.17, 15) is 9.18 Å². The number of piperidine rings is 1. The van der Waals surface area contributed by atoms with Gasteiger partial charge in [0.15, 0.2) is 5.69 Å². The fourth-order valence-electron chi connectivity index (χ4n) is 5.24. The minimum atomic E-state index is -0.275. The van der Waals surface area contributed by atoms with Crippen LogP contribution in [0.5, 0.6) is 5.75 Å². The standard InChI is InChI=1S/C28H33FN4O2/c1-35-24-12-6-21(7-13-24)19-32-16-14-20(15-17-32)18-30-28(34)27-25-4-2-3-5-26(25)33(31-27)23-10-8-22(29)9-11-23/h6-13,20H,2-5,14-19H2,1H3,(H,30,34). The van der Waals surface area contributed by atoms with Crippen LogP contribution in [0.3, 0.4) is 0 Å². The second-order valence-electron chi connectivity index (χ2n) is 9.65. The zero-order chi connectivity index (χ0) is 24.2. The summed E-state index contributed by atoms with van der Waals surface area (Å²) in [6, 6.07) is 14.6. The van der Waals surface area contributed by atoms with Crippen molar-refractivity contribution in [2.24, 2.45) is 5.92 Å². The molecular formula is C28H33FN4O2.